The number of rotatable bonds is 5. The zero-order valence-corrected chi connectivity index (χ0v) is 11.1. The monoisotopic (exact) mass is 262 g/mol. The van der Waals surface area contributed by atoms with Crippen LogP contribution in [0.15, 0.2) is 36.9 Å². The minimum atomic E-state index is -1.07. The van der Waals surface area contributed by atoms with Crippen molar-refractivity contribution in [3.05, 3.63) is 42.5 Å². The molecule has 102 valence electrons. The largest absolute Gasteiger partial charge is 0.480 e. The molecule has 0 aliphatic rings. The van der Waals surface area contributed by atoms with Gasteiger partial charge in [-0.05, 0) is 26.0 Å². The maximum absolute atomic E-state index is 12.0. The van der Waals surface area contributed by atoms with Crippen molar-refractivity contribution in [3.63, 3.8) is 0 Å². The van der Waals surface area contributed by atoms with Crippen LogP contribution in [0.4, 0.5) is 10.5 Å². The lowest BCUT2D eigenvalue weighted by molar-refractivity contribution is -0.135. The zero-order chi connectivity index (χ0) is 14.4. The van der Waals surface area contributed by atoms with Gasteiger partial charge in [-0.3, -0.25) is 9.69 Å². The smallest absolute Gasteiger partial charge is 0.323 e. The molecule has 1 atom stereocenters. The number of carbonyl (C=O) groups excluding carboxylic acids is 1. The van der Waals surface area contributed by atoms with E-state index in [-0.39, 0.29) is 6.04 Å². The first-order valence-corrected chi connectivity index (χ1v) is 5.93. The molecule has 0 spiro atoms. The summed E-state index contributed by atoms with van der Waals surface area (Å²) in [5.41, 5.74) is 1.58. The van der Waals surface area contributed by atoms with Crippen molar-refractivity contribution >= 4 is 17.7 Å². The Morgan fingerprint density at radius 3 is 2.47 bits per heavy atom. The Morgan fingerprint density at radius 2 is 2.00 bits per heavy atom. The number of carboxylic acid groups (broad SMARTS) is 1. The first-order valence-electron chi connectivity index (χ1n) is 5.93. The number of carbonyl (C=O) groups is 2. The molecular formula is C14H18N2O3. The summed E-state index contributed by atoms with van der Waals surface area (Å²) >= 11 is 0. The van der Waals surface area contributed by atoms with Crippen LogP contribution in [0.2, 0.25) is 0 Å². The van der Waals surface area contributed by atoms with Crippen LogP contribution in [0.1, 0.15) is 12.5 Å². The minimum absolute atomic E-state index is 0.228. The quantitative estimate of drug-likeness (QED) is 0.799. The van der Waals surface area contributed by atoms with E-state index in [0.29, 0.717) is 5.69 Å². The average molecular weight is 262 g/mol. The molecule has 2 amide bonds. The van der Waals surface area contributed by atoms with E-state index in [9.17, 15) is 9.59 Å². The molecular weight excluding hydrogens is 244 g/mol. The van der Waals surface area contributed by atoms with Crippen molar-refractivity contribution in [2.45, 2.75) is 19.9 Å². The summed E-state index contributed by atoms with van der Waals surface area (Å²) in [7, 11) is 0. The SMILES string of the molecule is C=CC(C)NC(=O)N(CC(=O)O)c1ccc(C)cc1. The van der Waals surface area contributed by atoms with E-state index in [1.54, 1.807) is 25.1 Å². The molecule has 5 heteroatoms. The number of carboxylic acids is 1. The Kier molecular flexibility index (Phi) is 5.11. The molecule has 1 aromatic carbocycles. The van der Waals surface area contributed by atoms with Gasteiger partial charge in [0.2, 0.25) is 0 Å². The van der Waals surface area contributed by atoms with Gasteiger partial charge in [0.15, 0.2) is 0 Å². The Hall–Kier alpha value is -2.30. The van der Waals surface area contributed by atoms with Gasteiger partial charge in [-0.25, -0.2) is 4.79 Å². The Bertz CT molecular complexity index is 468. The van der Waals surface area contributed by atoms with Gasteiger partial charge in [0.1, 0.15) is 6.54 Å². The Balaban J connectivity index is 2.93. The molecule has 19 heavy (non-hydrogen) atoms. The molecule has 0 radical (unpaired) electrons. The summed E-state index contributed by atoms with van der Waals surface area (Å²) in [6.07, 6.45) is 1.58. The van der Waals surface area contributed by atoms with E-state index in [4.69, 9.17) is 5.11 Å². The summed E-state index contributed by atoms with van der Waals surface area (Å²) in [5.74, 6) is -1.07. The van der Waals surface area contributed by atoms with Gasteiger partial charge in [-0.1, -0.05) is 23.8 Å². The van der Waals surface area contributed by atoms with E-state index in [1.165, 1.54) is 4.90 Å². The predicted octanol–water partition coefficient (Wildman–Crippen LogP) is 2.17. The van der Waals surface area contributed by atoms with Crippen LogP contribution in [-0.4, -0.2) is 29.7 Å². The molecule has 1 rings (SSSR count). The van der Waals surface area contributed by atoms with Gasteiger partial charge < -0.3 is 10.4 Å². The highest BCUT2D eigenvalue weighted by molar-refractivity contribution is 5.96. The van der Waals surface area contributed by atoms with E-state index in [2.05, 4.69) is 11.9 Å². The summed E-state index contributed by atoms with van der Waals surface area (Å²) in [4.78, 5) is 24.1. The van der Waals surface area contributed by atoms with Crippen molar-refractivity contribution in [3.8, 4) is 0 Å². The van der Waals surface area contributed by atoms with E-state index >= 15 is 0 Å². The molecule has 0 bridgehead atoms. The molecule has 1 aromatic rings. The molecule has 0 aliphatic carbocycles. The van der Waals surface area contributed by atoms with Gasteiger partial charge in [0.05, 0.1) is 0 Å². The second-order valence-corrected chi connectivity index (χ2v) is 4.29. The molecule has 0 fully saturated rings. The summed E-state index contributed by atoms with van der Waals surface area (Å²) < 4.78 is 0. The van der Waals surface area contributed by atoms with Gasteiger partial charge in [0, 0.05) is 11.7 Å². The summed E-state index contributed by atoms with van der Waals surface area (Å²) in [6, 6.07) is 6.41. The predicted molar refractivity (Wildman–Crippen MR) is 74.4 cm³/mol. The van der Waals surface area contributed by atoms with Crippen molar-refractivity contribution < 1.29 is 14.7 Å². The maximum atomic E-state index is 12.0. The van der Waals surface area contributed by atoms with E-state index < -0.39 is 18.5 Å². The third-order valence-corrected chi connectivity index (χ3v) is 2.59. The fourth-order valence-electron chi connectivity index (χ4n) is 1.47. The number of nitrogens with zero attached hydrogens (tertiary/aromatic N) is 1. The summed E-state index contributed by atoms with van der Waals surface area (Å²) in [5, 5.41) is 11.6. The van der Waals surface area contributed by atoms with Crippen LogP contribution in [0.5, 0.6) is 0 Å². The van der Waals surface area contributed by atoms with Crippen LogP contribution in [0, 0.1) is 6.92 Å². The molecule has 2 N–H and O–H groups in total. The number of aliphatic carboxylic acids is 1. The van der Waals surface area contributed by atoms with E-state index in [1.807, 2.05) is 19.1 Å². The third kappa shape index (κ3) is 4.46. The maximum Gasteiger partial charge on any atom is 0.323 e. The zero-order valence-electron chi connectivity index (χ0n) is 11.1. The Morgan fingerprint density at radius 1 is 1.42 bits per heavy atom. The van der Waals surface area contributed by atoms with Crippen LogP contribution < -0.4 is 10.2 Å². The number of nitrogens with one attached hydrogen (secondary N) is 1. The highest BCUT2D eigenvalue weighted by Crippen LogP contribution is 2.15. The number of aryl methyl sites for hydroxylation is 1. The molecule has 1 unspecified atom stereocenters. The average Bonchev–Trinajstić information content (AvgIpc) is 2.36. The number of amides is 2. The van der Waals surface area contributed by atoms with Gasteiger partial charge in [-0.2, -0.15) is 0 Å². The second-order valence-electron chi connectivity index (χ2n) is 4.29. The first-order chi connectivity index (χ1) is 8.93. The molecule has 5 nitrogen and oxygen atoms in total. The normalized spacial score (nSPS) is 11.5. The fraction of sp³-hybridized carbons (Fsp3) is 0.286. The lowest BCUT2D eigenvalue weighted by atomic mass is 10.2. The second kappa shape index (κ2) is 6.58. The highest BCUT2D eigenvalue weighted by atomic mass is 16.4. The van der Waals surface area contributed by atoms with Gasteiger partial charge in [0.25, 0.3) is 0 Å². The lowest BCUT2D eigenvalue weighted by Gasteiger charge is -2.23. The molecule has 0 saturated carbocycles. The number of benzene rings is 1. The fourth-order valence-corrected chi connectivity index (χ4v) is 1.47. The van der Waals surface area contributed by atoms with Crippen molar-refractivity contribution in [2.75, 3.05) is 11.4 Å². The van der Waals surface area contributed by atoms with Crippen LogP contribution in [0.3, 0.4) is 0 Å². The first kappa shape index (κ1) is 14.8. The van der Waals surface area contributed by atoms with Crippen molar-refractivity contribution in [1.29, 1.82) is 0 Å². The molecule has 0 saturated heterocycles. The van der Waals surface area contributed by atoms with Crippen LogP contribution in [-0.2, 0) is 4.79 Å². The van der Waals surface area contributed by atoms with Crippen LogP contribution in [0.25, 0.3) is 0 Å². The molecule has 0 aromatic heterocycles. The van der Waals surface area contributed by atoms with E-state index in [0.717, 1.165) is 5.56 Å². The number of anilines is 1. The lowest BCUT2D eigenvalue weighted by Crippen LogP contribution is -2.45. The molecule has 0 heterocycles. The molecule has 0 aliphatic heterocycles. The van der Waals surface area contributed by atoms with Crippen molar-refractivity contribution in [1.82, 2.24) is 5.32 Å². The van der Waals surface area contributed by atoms with Crippen molar-refractivity contribution in [2.24, 2.45) is 0 Å². The van der Waals surface area contributed by atoms with Gasteiger partial charge >= 0.3 is 12.0 Å². The number of hydrogen-bond donors (Lipinski definition) is 2. The summed E-state index contributed by atoms with van der Waals surface area (Å²) in [6.45, 7) is 6.86. The van der Waals surface area contributed by atoms with Crippen LogP contribution >= 0.6 is 0 Å². The minimum Gasteiger partial charge on any atom is -0.480 e. The number of urea groups is 1. The topological polar surface area (TPSA) is 69.6 Å². The number of hydrogen-bond acceptors (Lipinski definition) is 2. The third-order valence-electron chi connectivity index (χ3n) is 2.59. The standard InChI is InChI=1S/C14H18N2O3/c1-4-11(3)15-14(19)16(9-13(17)18)12-7-5-10(2)6-8-12/h4-8,11H,1,9H2,2-3H3,(H,15,19)(H,17,18). The Labute approximate surface area is 112 Å². The highest BCUT2D eigenvalue weighted by Gasteiger charge is 2.19. The van der Waals surface area contributed by atoms with Gasteiger partial charge in [-0.15, -0.1) is 6.58 Å².